The van der Waals surface area contributed by atoms with Gasteiger partial charge in [-0.05, 0) is 30.2 Å². The van der Waals surface area contributed by atoms with Crippen LogP contribution in [0, 0.1) is 0 Å². The molecule has 2 amide bonds. The molecule has 1 aliphatic heterocycles. The van der Waals surface area contributed by atoms with Crippen molar-refractivity contribution in [1.29, 1.82) is 0 Å². The van der Waals surface area contributed by atoms with Crippen LogP contribution in [0.15, 0.2) is 30.6 Å². The summed E-state index contributed by atoms with van der Waals surface area (Å²) in [6.45, 7) is 6.62. The van der Waals surface area contributed by atoms with Gasteiger partial charge in [0.25, 0.3) is 0 Å². The molecule has 0 atom stereocenters. The van der Waals surface area contributed by atoms with Crippen LogP contribution in [0.3, 0.4) is 0 Å². The molecule has 0 saturated heterocycles. The lowest BCUT2D eigenvalue weighted by molar-refractivity contribution is -0.117. The summed E-state index contributed by atoms with van der Waals surface area (Å²) in [5.74, 6) is 1.13. The molecule has 2 aromatic rings. The number of imidazole rings is 1. The van der Waals surface area contributed by atoms with E-state index in [1.54, 1.807) is 18.0 Å². The minimum absolute atomic E-state index is 0.0480. The van der Waals surface area contributed by atoms with E-state index in [0.717, 1.165) is 29.2 Å². The summed E-state index contributed by atoms with van der Waals surface area (Å²) < 4.78 is 1.87. The number of anilines is 2. The van der Waals surface area contributed by atoms with E-state index in [1.807, 2.05) is 29.0 Å². The molecule has 6 nitrogen and oxygen atoms in total. The molecule has 1 aromatic carbocycles. The Morgan fingerprint density at radius 3 is 2.83 bits per heavy atom. The smallest absolute Gasteiger partial charge is 0.244 e. The zero-order chi connectivity index (χ0) is 17.3. The number of fused-ring (bicyclic) bond motifs is 1. The van der Waals surface area contributed by atoms with E-state index in [1.165, 1.54) is 0 Å². The summed E-state index contributed by atoms with van der Waals surface area (Å²) in [6, 6.07) is 5.69. The Balaban J connectivity index is 1.69. The first-order chi connectivity index (χ1) is 11.5. The van der Waals surface area contributed by atoms with E-state index in [2.05, 4.69) is 24.1 Å². The molecule has 2 heterocycles. The molecule has 0 aliphatic carbocycles. The first kappa shape index (κ1) is 16.2. The summed E-state index contributed by atoms with van der Waals surface area (Å²) in [5.41, 5.74) is 2.79. The van der Waals surface area contributed by atoms with E-state index in [-0.39, 0.29) is 24.3 Å². The van der Waals surface area contributed by atoms with E-state index in [0.29, 0.717) is 6.54 Å². The van der Waals surface area contributed by atoms with E-state index in [9.17, 15) is 9.59 Å². The van der Waals surface area contributed by atoms with E-state index < -0.39 is 0 Å². The molecule has 6 heteroatoms. The lowest BCUT2D eigenvalue weighted by atomic mass is 10.1. The predicted molar refractivity (Wildman–Crippen MR) is 93.1 cm³/mol. The third-order valence-corrected chi connectivity index (χ3v) is 4.22. The average molecular weight is 326 g/mol. The van der Waals surface area contributed by atoms with Gasteiger partial charge in [0, 0.05) is 43.2 Å². The number of aromatic nitrogens is 2. The van der Waals surface area contributed by atoms with Crippen LogP contribution < -0.4 is 10.2 Å². The van der Waals surface area contributed by atoms with E-state index in [4.69, 9.17) is 0 Å². The number of nitrogens with one attached hydrogen (secondary N) is 1. The monoisotopic (exact) mass is 326 g/mol. The molecule has 1 N–H and O–H groups in total. The van der Waals surface area contributed by atoms with Crippen molar-refractivity contribution in [3.05, 3.63) is 42.0 Å². The van der Waals surface area contributed by atoms with Crippen LogP contribution in [0.4, 0.5) is 11.4 Å². The standard InChI is InChI=1S/C18H22N4O2/c1-12(2)18-19-7-9-21(18)11-17(24)20-15-4-5-16-14(10-15)6-8-22(16)13(3)23/h4-5,7,9-10,12H,6,8,11H2,1-3H3,(H,20,24). The number of hydrogen-bond donors (Lipinski definition) is 1. The van der Waals surface area contributed by atoms with Crippen molar-refractivity contribution in [1.82, 2.24) is 9.55 Å². The molecule has 0 radical (unpaired) electrons. The fraction of sp³-hybridized carbons (Fsp3) is 0.389. The zero-order valence-corrected chi connectivity index (χ0v) is 14.2. The second kappa shape index (κ2) is 6.47. The van der Waals surface area contributed by atoms with Crippen LogP contribution in [0.25, 0.3) is 0 Å². The highest BCUT2D eigenvalue weighted by molar-refractivity contribution is 5.95. The maximum absolute atomic E-state index is 12.3. The molecule has 0 spiro atoms. The third-order valence-electron chi connectivity index (χ3n) is 4.22. The van der Waals surface area contributed by atoms with Crippen LogP contribution in [0.5, 0.6) is 0 Å². The van der Waals surface area contributed by atoms with Gasteiger partial charge in [0.15, 0.2) is 0 Å². The van der Waals surface area contributed by atoms with Gasteiger partial charge in [-0.25, -0.2) is 4.98 Å². The van der Waals surface area contributed by atoms with E-state index >= 15 is 0 Å². The highest BCUT2D eigenvalue weighted by Crippen LogP contribution is 2.30. The molecular weight excluding hydrogens is 304 g/mol. The second-order valence-electron chi connectivity index (χ2n) is 6.38. The Bertz CT molecular complexity index is 779. The van der Waals surface area contributed by atoms with Gasteiger partial charge in [0.2, 0.25) is 11.8 Å². The molecule has 1 aliphatic rings. The van der Waals surface area contributed by atoms with Crippen molar-refractivity contribution in [3.8, 4) is 0 Å². The van der Waals surface area contributed by atoms with Gasteiger partial charge in [-0.2, -0.15) is 0 Å². The van der Waals surface area contributed by atoms with Crippen molar-refractivity contribution < 1.29 is 9.59 Å². The fourth-order valence-electron chi connectivity index (χ4n) is 3.12. The topological polar surface area (TPSA) is 67.2 Å². The normalized spacial score (nSPS) is 13.2. The minimum Gasteiger partial charge on any atom is -0.325 e. The summed E-state index contributed by atoms with van der Waals surface area (Å²) >= 11 is 0. The first-order valence-corrected chi connectivity index (χ1v) is 8.17. The highest BCUT2D eigenvalue weighted by Gasteiger charge is 2.22. The van der Waals surface area contributed by atoms with Crippen molar-refractivity contribution in [3.63, 3.8) is 0 Å². The van der Waals surface area contributed by atoms with Crippen molar-refractivity contribution >= 4 is 23.2 Å². The highest BCUT2D eigenvalue weighted by atomic mass is 16.2. The Labute approximate surface area is 141 Å². The van der Waals surface area contributed by atoms with Crippen LogP contribution in [0.1, 0.15) is 38.1 Å². The average Bonchev–Trinajstić information content (AvgIpc) is 3.12. The summed E-state index contributed by atoms with van der Waals surface area (Å²) in [4.78, 5) is 29.9. The molecule has 0 saturated carbocycles. The van der Waals surface area contributed by atoms with Crippen LogP contribution >= 0.6 is 0 Å². The number of rotatable bonds is 4. The number of carbonyl (C=O) groups excluding carboxylic acids is 2. The third kappa shape index (κ3) is 3.18. The summed E-state index contributed by atoms with van der Waals surface area (Å²) in [5, 5.41) is 2.93. The Kier molecular flexibility index (Phi) is 4.38. The van der Waals surface area contributed by atoms with Crippen LogP contribution in [-0.2, 0) is 22.6 Å². The molecule has 3 rings (SSSR count). The van der Waals surface area contributed by atoms with Crippen LogP contribution in [0.2, 0.25) is 0 Å². The first-order valence-electron chi connectivity index (χ1n) is 8.17. The van der Waals surface area contributed by atoms with Crippen molar-refractivity contribution in [2.75, 3.05) is 16.8 Å². The van der Waals surface area contributed by atoms with Gasteiger partial charge < -0.3 is 14.8 Å². The predicted octanol–water partition coefficient (Wildman–Crippen LogP) is 2.55. The summed E-state index contributed by atoms with van der Waals surface area (Å²) in [6.07, 6.45) is 4.36. The molecule has 0 bridgehead atoms. The van der Waals surface area contributed by atoms with Gasteiger partial charge >= 0.3 is 0 Å². The lowest BCUT2D eigenvalue weighted by Crippen LogP contribution is -2.25. The molecule has 0 fully saturated rings. The molecular formula is C18H22N4O2. The Morgan fingerprint density at radius 2 is 2.12 bits per heavy atom. The zero-order valence-electron chi connectivity index (χ0n) is 14.2. The maximum atomic E-state index is 12.3. The fourth-order valence-corrected chi connectivity index (χ4v) is 3.12. The number of hydrogen-bond acceptors (Lipinski definition) is 3. The second-order valence-corrected chi connectivity index (χ2v) is 6.38. The SMILES string of the molecule is CC(=O)N1CCc2cc(NC(=O)Cn3ccnc3C(C)C)ccc21. The maximum Gasteiger partial charge on any atom is 0.244 e. The lowest BCUT2D eigenvalue weighted by Gasteiger charge is -2.15. The largest absolute Gasteiger partial charge is 0.325 e. The van der Waals surface area contributed by atoms with Gasteiger partial charge in [0.05, 0.1) is 0 Å². The Morgan fingerprint density at radius 1 is 1.33 bits per heavy atom. The summed E-state index contributed by atoms with van der Waals surface area (Å²) in [7, 11) is 0. The number of carbonyl (C=O) groups is 2. The van der Waals surface area contributed by atoms with Crippen LogP contribution in [-0.4, -0.2) is 27.9 Å². The van der Waals surface area contributed by atoms with Gasteiger partial charge in [-0.1, -0.05) is 13.8 Å². The number of nitrogens with zero attached hydrogens (tertiary/aromatic N) is 3. The van der Waals surface area contributed by atoms with Gasteiger partial charge in [-0.3, -0.25) is 9.59 Å². The molecule has 126 valence electrons. The molecule has 24 heavy (non-hydrogen) atoms. The molecule has 1 aromatic heterocycles. The number of amides is 2. The van der Waals surface area contributed by atoms with Gasteiger partial charge in [-0.15, -0.1) is 0 Å². The number of benzene rings is 1. The quantitative estimate of drug-likeness (QED) is 0.939. The van der Waals surface area contributed by atoms with Crippen molar-refractivity contribution in [2.45, 2.75) is 39.7 Å². The Hall–Kier alpha value is -2.63. The van der Waals surface area contributed by atoms with Crippen molar-refractivity contribution in [2.24, 2.45) is 0 Å². The molecule has 0 unspecified atom stereocenters. The van der Waals surface area contributed by atoms with Gasteiger partial charge in [0.1, 0.15) is 12.4 Å². The minimum atomic E-state index is -0.0868.